The highest BCUT2D eigenvalue weighted by Crippen LogP contribution is 2.21. The fourth-order valence-electron chi connectivity index (χ4n) is 1.78. The van der Waals surface area contributed by atoms with Gasteiger partial charge >= 0.3 is 5.97 Å². The largest absolute Gasteiger partial charge is 0.496 e. The van der Waals surface area contributed by atoms with E-state index in [1.54, 1.807) is 20.1 Å². The lowest BCUT2D eigenvalue weighted by Gasteiger charge is -2.20. The molecule has 0 spiro atoms. The molecule has 0 saturated heterocycles. The van der Waals surface area contributed by atoms with E-state index in [9.17, 15) is 9.18 Å². The predicted molar refractivity (Wildman–Crippen MR) is 70.5 cm³/mol. The Hall–Kier alpha value is -1.62. The molecule has 19 heavy (non-hydrogen) atoms. The Kier molecular flexibility index (Phi) is 6.29. The number of esters is 1. The fraction of sp³-hybridized carbons (Fsp3) is 0.500. The van der Waals surface area contributed by atoms with Crippen molar-refractivity contribution < 1.29 is 18.7 Å². The molecule has 0 atom stereocenters. The Morgan fingerprint density at radius 3 is 2.68 bits per heavy atom. The number of nitrogens with zero attached hydrogens (tertiary/aromatic N) is 1. The zero-order chi connectivity index (χ0) is 14.3. The summed E-state index contributed by atoms with van der Waals surface area (Å²) >= 11 is 0. The molecule has 106 valence electrons. The van der Waals surface area contributed by atoms with E-state index in [0.29, 0.717) is 31.0 Å². The molecular weight excluding hydrogens is 249 g/mol. The summed E-state index contributed by atoms with van der Waals surface area (Å²) in [5.41, 5.74) is 0.716. The van der Waals surface area contributed by atoms with E-state index in [2.05, 4.69) is 0 Å². The monoisotopic (exact) mass is 269 g/mol. The van der Waals surface area contributed by atoms with Crippen molar-refractivity contribution in [3.05, 3.63) is 29.6 Å². The van der Waals surface area contributed by atoms with Crippen LogP contribution in [0.3, 0.4) is 0 Å². The number of benzene rings is 1. The molecule has 0 bridgehead atoms. The number of carbonyl (C=O) groups excluding carboxylic acids is 1. The van der Waals surface area contributed by atoms with Gasteiger partial charge in [-0.05, 0) is 31.7 Å². The Bertz CT molecular complexity index is 423. The SMILES string of the molecule is CCOC(=O)CN(CC)Cc1cc(F)ccc1OC. The van der Waals surface area contributed by atoms with Crippen LogP contribution in [0.1, 0.15) is 19.4 Å². The van der Waals surface area contributed by atoms with Crippen LogP contribution >= 0.6 is 0 Å². The van der Waals surface area contributed by atoms with Crippen molar-refractivity contribution in [1.82, 2.24) is 4.90 Å². The van der Waals surface area contributed by atoms with Gasteiger partial charge in [-0.2, -0.15) is 0 Å². The normalized spacial score (nSPS) is 10.6. The second-order valence-electron chi connectivity index (χ2n) is 4.06. The molecule has 5 heteroatoms. The maximum Gasteiger partial charge on any atom is 0.320 e. The summed E-state index contributed by atoms with van der Waals surface area (Å²) in [4.78, 5) is 13.3. The molecule has 0 aliphatic heterocycles. The molecule has 0 saturated carbocycles. The van der Waals surface area contributed by atoms with Gasteiger partial charge < -0.3 is 9.47 Å². The molecule has 0 amide bonds. The molecule has 0 N–H and O–H groups in total. The number of halogens is 1. The van der Waals surface area contributed by atoms with E-state index in [0.717, 1.165) is 0 Å². The van der Waals surface area contributed by atoms with Crippen molar-refractivity contribution in [2.75, 3.05) is 26.8 Å². The average Bonchev–Trinajstić information content (AvgIpc) is 2.38. The van der Waals surface area contributed by atoms with Crippen molar-refractivity contribution in [3.8, 4) is 5.75 Å². The summed E-state index contributed by atoms with van der Waals surface area (Å²) in [6.07, 6.45) is 0. The van der Waals surface area contributed by atoms with E-state index in [1.807, 2.05) is 11.8 Å². The number of hydrogen-bond donors (Lipinski definition) is 0. The lowest BCUT2D eigenvalue weighted by atomic mass is 10.2. The summed E-state index contributed by atoms with van der Waals surface area (Å²) in [6.45, 7) is 5.35. The molecule has 0 unspecified atom stereocenters. The average molecular weight is 269 g/mol. The first-order chi connectivity index (χ1) is 9.10. The van der Waals surface area contributed by atoms with Gasteiger partial charge in [-0.25, -0.2) is 4.39 Å². The fourth-order valence-corrected chi connectivity index (χ4v) is 1.78. The first kappa shape index (κ1) is 15.4. The van der Waals surface area contributed by atoms with Crippen molar-refractivity contribution in [1.29, 1.82) is 0 Å². The van der Waals surface area contributed by atoms with Gasteiger partial charge in [-0.1, -0.05) is 6.92 Å². The molecule has 1 rings (SSSR count). The minimum Gasteiger partial charge on any atom is -0.496 e. The number of likely N-dealkylation sites (N-methyl/N-ethyl adjacent to an activating group) is 1. The third-order valence-electron chi connectivity index (χ3n) is 2.74. The summed E-state index contributed by atoms with van der Waals surface area (Å²) in [5.74, 6) is 0.0198. The molecule has 0 aromatic heterocycles. The van der Waals surface area contributed by atoms with E-state index in [4.69, 9.17) is 9.47 Å². The molecular formula is C14H20FNO3. The molecule has 0 aliphatic carbocycles. The standard InChI is InChI=1S/C14H20FNO3/c1-4-16(10-14(17)19-5-2)9-11-8-12(15)6-7-13(11)18-3/h6-8H,4-5,9-10H2,1-3H3. The van der Waals surface area contributed by atoms with Gasteiger partial charge in [0.1, 0.15) is 11.6 Å². The lowest BCUT2D eigenvalue weighted by molar-refractivity contribution is -0.144. The smallest absolute Gasteiger partial charge is 0.320 e. The van der Waals surface area contributed by atoms with Crippen LogP contribution in [0.4, 0.5) is 4.39 Å². The molecule has 1 aromatic carbocycles. The number of ether oxygens (including phenoxy) is 2. The summed E-state index contributed by atoms with van der Waals surface area (Å²) in [5, 5.41) is 0. The van der Waals surface area contributed by atoms with Crippen LogP contribution in [0.5, 0.6) is 5.75 Å². The Morgan fingerprint density at radius 2 is 2.11 bits per heavy atom. The molecule has 1 aromatic rings. The van der Waals surface area contributed by atoms with Gasteiger partial charge in [0.15, 0.2) is 0 Å². The van der Waals surface area contributed by atoms with Gasteiger partial charge in [0, 0.05) is 12.1 Å². The Morgan fingerprint density at radius 1 is 1.37 bits per heavy atom. The second kappa shape index (κ2) is 7.74. The van der Waals surface area contributed by atoms with Crippen LogP contribution < -0.4 is 4.74 Å². The summed E-state index contributed by atoms with van der Waals surface area (Å²) < 4.78 is 23.4. The van der Waals surface area contributed by atoms with E-state index >= 15 is 0 Å². The molecule has 0 heterocycles. The first-order valence-electron chi connectivity index (χ1n) is 6.31. The lowest BCUT2D eigenvalue weighted by Crippen LogP contribution is -2.30. The van der Waals surface area contributed by atoms with Gasteiger partial charge in [0.2, 0.25) is 0 Å². The maximum absolute atomic E-state index is 13.3. The highest BCUT2D eigenvalue weighted by molar-refractivity contribution is 5.71. The van der Waals surface area contributed by atoms with Crippen molar-refractivity contribution in [3.63, 3.8) is 0 Å². The number of hydrogen-bond acceptors (Lipinski definition) is 4. The quantitative estimate of drug-likeness (QED) is 0.711. The van der Waals surface area contributed by atoms with Crippen LogP contribution in [0, 0.1) is 5.82 Å². The summed E-state index contributed by atoms with van der Waals surface area (Å²) in [7, 11) is 1.54. The zero-order valence-corrected chi connectivity index (χ0v) is 11.6. The number of methoxy groups -OCH3 is 1. The van der Waals surface area contributed by atoms with Crippen LogP contribution in [-0.4, -0.2) is 37.7 Å². The van der Waals surface area contributed by atoms with E-state index < -0.39 is 0 Å². The number of carbonyl (C=O) groups is 1. The zero-order valence-electron chi connectivity index (χ0n) is 11.6. The van der Waals surface area contributed by atoms with Crippen LogP contribution in [-0.2, 0) is 16.1 Å². The maximum atomic E-state index is 13.3. The van der Waals surface area contributed by atoms with E-state index in [1.165, 1.54) is 12.1 Å². The van der Waals surface area contributed by atoms with Crippen LogP contribution in [0.15, 0.2) is 18.2 Å². The van der Waals surface area contributed by atoms with Crippen LogP contribution in [0.25, 0.3) is 0 Å². The molecule has 0 fully saturated rings. The van der Waals surface area contributed by atoms with Gasteiger partial charge in [0.05, 0.1) is 20.3 Å². The topological polar surface area (TPSA) is 38.8 Å². The second-order valence-corrected chi connectivity index (χ2v) is 4.06. The minimum absolute atomic E-state index is 0.185. The van der Waals surface area contributed by atoms with Gasteiger partial charge in [-0.3, -0.25) is 9.69 Å². The highest BCUT2D eigenvalue weighted by atomic mass is 19.1. The summed E-state index contributed by atoms with van der Waals surface area (Å²) in [6, 6.07) is 4.36. The van der Waals surface area contributed by atoms with Crippen molar-refractivity contribution in [2.45, 2.75) is 20.4 Å². The predicted octanol–water partition coefficient (Wildman–Crippen LogP) is 2.22. The third kappa shape index (κ3) is 4.87. The highest BCUT2D eigenvalue weighted by Gasteiger charge is 2.13. The van der Waals surface area contributed by atoms with Gasteiger partial charge in [0.25, 0.3) is 0 Å². The van der Waals surface area contributed by atoms with Crippen molar-refractivity contribution in [2.24, 2.45) is 0 Å². The van der Waals surface area contributed by atoms with Crippen LogP contribution in [0.2, 0.25) is 0 Å². The Labute approximate surface area is 113 Å². The molecule has 0 radical (unpaired) electrons. The first-order valence-corrected chi connectivity index (χ1v) is 6.31. The number of rotatable bonds is 7. The van der Waals surface area contributed by atoms with Crippen molar-refractivity contribution >= 4 is 5.97 Å². The third-order valence-corrected chi connectivity index (χ3v) is 2.74. The van der Waals surface area contributed by atoms with Gasteiger partial charge in [-0.15, -0.1) is 0 Å². The minimum atomic E-state index is -0.317. The molecule has 4 nitrogen and oxygen atoms in total. The van der Waals surface area contributed by atoms with E-state index in [-0.39, 0.29) is 18.3 Å². The Balaban J connectivity index is 2.74. The molecule has 0 aliphatic rings.